The number of nitrogens with one attached hydrogen (secondary N) is 1. The minimum Gasteiger partial charge on any atom is -0.333 e. The zero-order valence-corrected chi connectivity index (χ0v) is 12.4. The number of fused-ring (bicyclic) bond motifs is 1. The summed E-state index contributed by atoms with van der Waals surface area (Å²) in [5.41, 5.74) is 4.07. The van der Waals surface area contributed by atoms with Gasteiger partial charge in [-0.15, -0.1) is 0 Å². The molecule has 110 valence electrons. The lowest BCUT2D eigenvalue weighted by molar-refractivity contribution is 0.0745. The lowest BCUT2D eigenvalue weighted by Gasteiger charge is -2.21. The number of amides is 1. The van der Waals surface area contributed by atoms with Crippen LogP contribution in [0.15, 0.2) is 30.3 Å². The number of H-pyrrole nitrogens is 1. The van der Waals surface area contributed by atoms with Gasteiger partial charge < -0.3 is 4.90 Å². The highest BCUT2D eigenvalue weighted by atomic mass is 16.2. The van der Waals surface area contributed by atoms with Crippen LogP contribution < -0.4 is 0 Å². The molecule has 1 aliphatic carbocycles. The molecule has 4 nitrogen and oxygen atoms in total. The average Bonchev–Trinajstić information content (AvgIpc) is 2.97. The summed E-state index contributed by atoms with van der Waals surface area (Å²) in [6.07, 6.45) is 4.32. The molecule has 1 aromatic heterocycles. The lowest BCUT2D eigenvalue weighted by atomic mass is 9.95. The standard InChI is InChI=1S/C17H21N3O/c1-2-20(12-13-8-4-3-5-9-13)17(21)16-14-10-6-7-11-15(14)18-19-16/h3-5,8-9H,2,6-7,10-12H2,1H3,(H,18,19). The zero-order valence-electron chi connectivity index (χ0n) is 12.4. The van der Waals surface area contributed by atoms with Gasteiger partial charge in [0.15, 0.2) is 5.69 Å². The first-order chi connectivity index (χ1) is 10.3. The van der Waals surface area contributed by atoms with Crippen LogP contribution in [0.2, 0.25) is 0 Å². The fourth-order valence-electron chi connectivity index (χ4n) is 2.94. The highest BCUT2D eigenvalue weighted by molar-refractivity contribution is 5.94. The third kappa shape index (κ3) is 2.84. The molecule has 0 unspecified atom stereocenters. The van der Waals surface area contributed by atoms with E-state index in [-0.39, 0.29) is 5.91 Å². The number of hydrogen-bond donors (Lipinski definition) is 1. The molecular weight excluding hydrogens is 262 g/mol. The Labute approximate surface area is 125 Å². The van der Waals surface area contributed by atoms with Gasteiger partial charge in [-0.25, -0.2) is 0 Å². The summed E-state index contributed by atoms with van der Waals surface area (Å²) in [6, 6.07) is 10.1. The van der Waals surface area contributed by atoms with E-state index in [1.165, 1.54) is 6.42 Å². The number of rotatable bonds is 4. The van der Waals surface area contributed by atoms with Crippen molar-refractivity contribution >= 4 is 5.91 Å². The lowest BCUT2D eigenvalue weighted by Crippen LogP contribution is -2.31. The van der Waals surface area contributed by atoms with Crippen molar-refractivity contribution in [2.24, 2.45) is 0 Å². The van der Waals surface area contributed by atoms with Crippen molar-refractivity contribution < 1.29 is 4.79 Å². The fraction of sp³-hybridized carbons (Fsp3) is 0.412. The summed E-state index contributed by atoms with van der Waals surface area (Å²) in [7, 11) is 0. The minimum absolute atomic E-state index is 0.0424. The Morgan fingerprint density at radius 3 is 2.76 bits per heavy atom. The minimum atomic E-state index is 0.0424. The molecule has 1 N–H and O–H groups in total. The van der Waals surface area contributed by atoms with Crippen LogP contribution in [0.4, 0.5) is 0 Å². The van der Waals surface area contributed by atoms with Gasteiger partial charge in [-0.3, -0.25) is 9.89 Å². The first-order valence-electron chi connectivity index (χ1n) is 7.69. The highest BCUT2D eigenvalue weighted by Crippen LogP contribution is 2.23. The molecular formula is C17H21N3O. The van der Waals surface area contributed by atoms with E-state index in [1.807, 2.05) is 30.0 Å². The predicted octanol–water partition coefficient (Wildman–Crippen LogP) is 2.95. The molecule has 0 saturated heterocycles. The Bertz CT molecular complexity index is 618. The molecule has 0 fully saturated rings. The molecule has 3 rings (SSSR count). The van der Waals surface area contributed by atoms with Crippen molar-refractivity contribution in [3.8, 4) is 0 Å². The van der Waals surface area contributed by atoms with Crippen molar-refractivity contribution in [3.63, 3.8) is 0 Å². The van der Waals surface area contributed by atoms with E-state index in [4.69, 9.17) is 0 Å². The molecule has 0 aliphatic heterocycles. The van der Waals surface area contributed by atoms with Gasteiger partial charge in [0, 0.05) is 24.3 Å². The summed E-state index contributed by atoms with van der Waals surface area (Å²) in [5.74, 6) is 0.0424. The topological polar surface area (TPSA) is 49.0 Å². The number of carbonyl (C=O) groups is 1. The van der Waals surface area contributed by atoms with Gasteiger partial charge in [0.2, 0.25) is 0 Å². The maximum absolute atomic E-state index is 12.8. The van der Waals surface area contributed by atoms with Crippen LogP contribution in [0.5, 0.6) is 0 Å². The Kier molecular flexibility index (Phi) is 4.04. The van der Waals surface area contributed by atoms with Crippen LogP contribution in [0.1, 0.15) is 47.1 Å². The molecule has 0 bridgehead atoms. The van der Waals surface area contributed by atoms with Gasteiger partial charge in [0.1, 0.15) is 0 Å². The molecule has 4 heteroatoms. The summed E-state index contributed by atoms with van der Waals surface area (Å²) in [6.45, 7) is 3.34. The van der Waals surface area contributed by atoms with Crippen LogP contribution in [-0.2, 0) is 19.4 Å². The number of benzene rings is 1. The third-order valence-corrected chi connectivity index (χ3v) is 4.14. The molecule has 0 spiro atoms. The summed E-state index contributed by atoms with van der Waals surface area (Å²) in [5, 5.41) is 7.34. The summed E-state index contributed by atoms with van der Waals surface area (Å²) in [4.78, 5) is 14.6. The molecule has 2 aromatic rings. The molecule has 1 heterocycles. The third-order valence-electron chi connectivity index (χ3n) is 4.14. The van der Waals surface area contributed by atoms with E-state index in [0.717, 1.165) is 36.1 Å². The van der Waals surface area contributed by atoms with Crippen molar-refractivity contribution in [2.45, 2.75) is 39.2 Å². The molecule has 0 radical (unpaired) electrons. The van der Waals surface area contributed by atoms with Crippen LogP contribution >= 0.6 is 0 Å². The molecule has 1 aromatic carbocycles. The van der Waals surface area contributed by atoms with Crippen molar-refractivity contribution in [3.05, 3.63) is 52.8 Å². The molecule has 1 amide bonds. The SMILES string of the molecule is CCN(Cc1ccccc1)C(=O)c1n[nH]c2c1CCCC2. The van der Waals surface area contributed by atoms with Crippen molar-refractivity contribution in [2.75, 3.05) is 6.54 Å². The number of hydrogen-bond acceptors (Lipinski definition) is 2. The van der Waals surface area contributed by atoms with E-state index in [0.29, 0.717) is 18.8 Å². The maximum Gasteiger partial charge on any atom is 0.274 e. The number of nitrogens with zero attached hydrogens (tertiary/aromatic N) is 2. The van der Waals surface area contributed by atoms with Gasteiger partial charge in [-0.2, -0.15) is 5.10 Å². The smallest absolute Gasteiger partial charge is 0.274 e. The maximum atomic E-state index is 12.8. The van der Waals surface area contributed by atoms with E-state index < -0.39 is 0 Å². The predicted molar refractivity (Wildman–Crippen MR) is 82.1 cm³/mol. The van der Waals surface area contributed by atoms with Crippen molar-refractivity contribution in [1.29, 1.82) is 0 Å². The quantitative estimate of drug-likeness (QED) is 0.938. The van der Waals surface area contributed by atoms with E-state index in [2.05, 4.69) is 22.3 Å². The Morgan fingerprint density at radius 2 is 2.00 bits per heavy atom. The van der Waals surface area contributed by atoms with Crippen LogP contribution in [0, 0.1) is 0 Å². The van der Waals surface area contributed by atoms with Gasteiger partial charge in [-0.1, -0.05) is 30.3 Å². The number of aryl methyl sites for hydroxylation is 1. The molecule has 1 aliphatic rings. The Balaban J connectivity index is 1.81. The second-order valence-electron chi connectivity index (χ2n) is 5.54. The van der Waals surface area contributed by atoms with Gasteiger partial charge in [0.25, 0.3) is 5.91 Å². The normalized spacial score (nSPS) is 13.8. The highest BCUT2D eigenvalue weighted by Gasteiger charge is 2.24. The average molecular weight is 283 g/mol. The van der Waals surface area contributed by atoms with Crippen LogP contribution in [-0.4, -0.2) is 27.5 Å². The fourth-order valence-corrected chi connectivity index (χ4v) is 2.94. The molecule has 0 atom stereocenters. The molecule has 21 heavy (non-hydrogen) atoms. The van der Waals surface area contributed by atoms with E-state index >= 15 is 0 Å². The van der Waals surface area contributed by atoms with Crippen LogP contribution in [0.3, 0.4) is 0 Å². The van der Waals surface area contributed by atoms with Gasteiger partial charge in [0.05, 0.1) is 0 Å². The second kappa shape index (κ2) is 6.12. The second-order valence-corrected chi connectivity index (χ2v) is 5.54. The van der Waals surface area contributed by atoms with Crippen LogP contribution in [0.25, 0.3) is 0 Å². The molecule has 0 saturated carbocycles. The van der Waals surface area contributed by atoms with Gasteiger partial charge in [-0.05, 0) is 38.2 Å². The Morgan fingerprint density at radius 1 is 1.24 bits per heavy atom. The number of carbonyl (C=O) groups excluding carboxylic acids is 1. The Hall–Kier alpha value is -2.10. The van der Waals surface area contributed by atoms with E-state index in [1.54, 1.807) is 0 Å². The van der Waals surface area contributed by atoms with Gasteiger partial charge >= 0.3 is 0 Å². The zero-order chi connectivity index (χ0) is 14.7. The van der Waals surface area contributed by atoms with Crippen molar-refractivity contribution in [1.82, 2.24) is 15.1 Å². The number of aromatic nitrogens is 2. The first kappa shape index (κ1) is 13.9. The summed E-state index contributed by atoms with van der Waals surface area (Å²) < 4.78 is 0. The number of aromatic amines is 1. The monoisotopic (exact) mass is 283 g/mol. The first-order valence-corrected chi connectivity index (χ1v) is 7.69. The largest absolute Gasteiger partial charge is 0.333 e. The van der Waals surface area contributed by atoms with E-state index in [9.17, 15) is 4.79 Å². The summed E-state index contributed by atoms with van der Waals surface area (Å²) >= 11 is 0.